The quantitative estimate of drug-likeness (QED) is 0.513. The molecule has 0 atom stereocenters. The minimum atomic E-state index is -0.841. The summed E-state index contributed by atoms with van der Waals surface area (Å²) in [4.78, 5) is 14.4. The normalized spacial score (nSPS) is 10.2. The topological polar surface area (TPSA) is 57.3 Å². The van der Waals surface area contributed by atoms with Crippen molar-refractivity contribution in [3.63, 3.8) is 0 Å². The average Bonchev–Trinajstić information content (AvgIpc) is 2.48. The van der Waals surface area contributed by atoms with Crippen molar-refractivity contribution in [1.82, 2.24) is 4.73 Å². The van der Waals surface area contributed by atoms with Crippen LogP contribution in [0.4, 0.5) is 0 Å². The lowest BCUT2D eigenvalue weighted by Gasteiger charge is -1.97. The van der Waals surface area contributed by atoms with Crippen molar-refractivity contribution in [2.24, 2.45) is 0 Å². The highest BCUT2D eigenvalue weighted by Crippen LogP contribution is 2.13. The van der Waals surface area contributed by atoms with Gasteiger partial charge in [-0.3, -0.25) is 0 Å². The zero-order valence-corrected chi connectivity index (χ0v) is 6.58. The van der Waals surface area contributed by atoms with E-state index >= 15 is 0 Å². The molecule has 0 amide bonds. The molecular formula is C8H6N2O3. The van der Waals surface area contributed by atoms with Gasteiger partial charge in [0.15, 0.2) is 10.6 Å². The van der Waals surface area contributed by atoms with Crippen LogP contribution in [0.15, 0.2) is 36.5 Å². The van der Waals surface area contributed by atoms with E-state index in [0.717, 1.165) is 10.1 Å². The zero-order chi connectivity index (χ0) is 9.26. The Hall–Kier alpha value is -2.04. The van der Waals surface area contributed by atoms with Gasteiger partial charge >= 0.3 is 0 Å². The third kappa shape index (κ3) is 1.31. The molecule has 0 aliphatic rings. The molecule has 0 saturated carbocycles. The lowest BCUT2D eigenvalue weighted by molar-refractivity contribution is -0.748. The first kappa shape index (κ1) is 7.60. The van der Waals surface area contributed by atoms with Gasteiger partial charge in [0.1, 0.15) is 6.20 Å². The Labute approximate surface area is 73.2 Å². The van der Waals surface area contributed by atoms with Crippen LogP contribution < -0.4 is 4.94 Å². The number of benzene rings is 1. The molecule has 2 aromatic rings. The molecule has 0 bridgehead atoms. The molecule has 0 aliphatic heterocycles. The summed E-state index contributed by atoms with van der Waals surface area (Å²) < 4.78 is 1.12. The fourth-order valence-electron chi connectivity index (χ4n) is 1.20. The summed E-state index contributed by atoms with van der Waals surface area (Å²) in [5.41, 5.74) is 0.680. The molecule has 1 aromatic carbocycles. The van der Waals surface area contributed by atoms with Crippen LogP contribution in [0.1, 0.15) is 0 Å². The minimum absolute atomic E-state index is 0.680. The first-order chi connectivity index (χ1) is 6.27. The third-order valence-corrected chi connectivity index (χ3v) is 1.72. The molecular weight excluding hydrogens is 172 g/mol. The van der Waals surface area contributed by atoms with E-state index in [-0.39, 0.29) is 0 Å². The molecule has 0 N–H and O–H groups in total. The zero-order valence-electron chi connectivity index (χ0n) is 6.58. The fraction of sp³-hybridized carbons (Fsp3) is 0. The number of nitrogens with zero attached hydrogens (tertiary/aromatic N) is 2. The maximum absolute atomic E-state index is 10.1. The molecule has 0 spiro atoms. The second-order valence-electron chi connectivity index (χ2n) is 2.51. The fourth-order valence-corrected chi connectivity index (χ4v) is 1.20. The molecule has 66 valence electrons. The summed E-state index contributed by atoms with van der Waals surface area (Å²) in [6, 6.07) is 9.01. The van der Waals surface area contributed by atoms with E-state index in [4.69, 9.17) is 0 Å². The minimum Gasteiger partial charge on any atom is -0.218 e. The van der Waals surface area contributed by atoms with E-state index in [1.54, 1.807) is 18.2 Å². The van der Waals surface area contributed by atoms with Crippen LogP contribution in [-0.2, 0) is 0 Å². The Kier molecular flexibility index (Phi) is 1.63. The van der Waals surface area contributed by atoms with E-state index in [9.17, 15) is 10.1 Å². The molecule has 13 heavy (non-hydrogen) atoms. The highest BCUT2D eigenvalue weighted by Gasteiger charge is 2.05. The van der Waals surface area contributed by atoms with Gasteiger partial charge in [-0.2, -0.15) is 4.94 Å². The van der Waals surface area contributed by atoms with E-state index in [0.29, 0.717) is 5.52 Å². The number of hydrogen-bond acceptors (Lipinski definition) is 3. The first-order valence-corrected chi connectivity index (χ1v) is 3.66. The molecule has 0 fully saturated rings. The van der Waals surface area contributed by atoms with Crippen LogP contribution in [0.2, 0.25) is 0 Å². The predicted octanol–water partition coefficient (Wildman–Crippen LogP) is 1.26. The monoisotopic (exact) mass is 178 g/mol. The van der Waals surface area contributed by atoms with E-state index in [2.05, 4.69) is 4.94 Å². The van der Waals surface area contributed by atoms with Gasteiger partial charge in [-0.25, -0.2) is 10.1 Å². The van der Waals surface area contributed by atoms with Crippen LogP contribution in [0.3, 0.4) is 0 Å². The summed E-state index contributed by atoms with van der Waals surface area (Å²) >= 11 is 0. The van der Waals surface area contributed by atoms with Gasteiger partial charge < -0.3 is 0 Å². The van der Waals surface area contributed by atoms with Crippen LogP contribution in [0.5, 0.6) is 0 Å². The first-order valence-electron chi connectivity index (χ1n) is 3.66. The summed E-state index contributed by atoms with van der Waals surface area (Å²) in [6.45, 7) is 0. The van der Waals surface area contributed by atoms with E-state index < -0.39 is 5.09 Å². The number of fused-ring (bicyclic) bond motifs is 1. The van der Waals surface area contributed by atoms with Crippen molar-refractivity contribution < 1.29 is 10.0 Å². The number of para-hydroxylation sites is 1. The second kappa shape index (κ2) is 2.78. The van der Waals surface area contributed by atoms with Gasteiger partial charge in [0, 0.05) is 5.39 Å². The van der Waals surface area contributed by atoms with Crippen LogP contribution in [-0.4, -0.2) is 9.82 Å². The van der Waals surface area contributed by atoms with E-state index in [1.807, 2.05) is 12.1 Å². The van der Waals surface area contributed by atoms with E-state index in [1.165, 1.54) is 6.20 Å². The van der Waals surface area contributed by atoms with Crippen molar-refractivity contribution in [3.8, 4) is 0 Å². The van der Waals surface area contributed by atoms with Gasteiger partial charge in [0.25, 0.3) is 0 Å². The van der Waals surface area contributed by atoms with Crippen molar-refractivity contribution in [1.29, 1.82) is 0 Å². The smallest absolute Gasteiger partial charge is 0.168 e. The van der Waals surface area contributed by atoms with Crippen molar-refractivity contribution in [2.75, 3.05) is 0 Å². The lowest BCUT2D eigenvalue weighted by atomic mass is 10.3. The highest BCUT2D eigenvalue weighted by molar-refractivity contribution is 5.79. The van der Waals surface area contributed by atoms with Crippen molar-refractivity contribution >= 4 is 10.9 Å². The predicted molar refractivity (Wildman–Crippen MR) is 45.5 cm³/mol. The Balaban J connectivity index is 2.51. The van der Waals surface area contributed by atoms with Gasteiger partial charge in [-0.1, -0.05) is 22.9 Å². The molecule has 1 aromatic heterocycles. The molecule has 2 rings (SSSR count). The summed E-state index contributed by atoms with van der Waals surface area (Å²) in [7, 11) is 0. The summed E-state index contributed by atoms with van der Waals surface area (Å²) in [5, 5.41) is 10.1. The maximum Gasteiger partial charge on any atom is 0.168 e. The highest BCUT2D eigenvalue weighted by atomic mass is 17.0. The molecule has 0 saturated heterocycles. The lowest BCUT2D eigenvalue weighted by Crippen LogP contribution is -2.16. The standard InChI is InChI=1S/C8H6N2O3/c11-10(12)13-9-6-5-7-3-1-2-4-8(7)9/h1-6H. The Morgan fingerprint density at radius 2 is 2.08 bits per heavy atom. The Bertz CT molecular complexity index is 449. The van der Waals surface area contributed by atoms with Crippen LogP contribution >= 0.6 is 0 Å². The maximum atomic E-state index is 10.1. The largest absolute Gasteiger partial charge is 0.218 e. The number of aromatic nitrogens is 1. The molecule has 5 heteroatoms. The summed E-state index contributed by atoms with van der Waals surface area (Å²) in [6.07, 6.45) is 1.51. The second-order valence-corrected chi connectivity index (χ2v) is 2.51. The van der Waals surface area contributed by atoms with Crippen molar-refractivity contribution in [2.45, 2.75) is 0 Å². The van der Waals surface area contributed by atoms with Crippen LogP contribution in [0.25, 0.3) is 10.9 Å². The number of rotatable bonds is 2. The third-order valence-electron chi connectivity index (χ3n) is 1.72. The molecule has 0 radical (unpaired) electrons. The molecule has 0 aliphatic carbocycles. The average molecular weight is 178 g/mol. The van der Waals surface area contributed by atoms with Crippen molar-refractivity contribution in [3.05, 3.63) is 46.6 Å². The Morgan fingerprint density at radius 1 is 1.31 bits per heavy atom. The number of hydrogen-bond donors (Lipinski definition) is 0. The Morgan fingerprint density at radius 3 is 2.85 bits per heavy atom. The molecule has 5 nitrogen and oxygen atoms in total. The molecule has 1 heterocycles. The summed E-state index contributed by atoms with van der Waals surface area (Å²) in [5.74, 6) is 0. The van der Waals surface area contributed by atoms with Crippen LogP contribution in [0, 0.1) is 10.1 Å². The van der Waals surface area contributed by atoms with Gasteiger partial charge in [-0.05, 0) is 12.1 Å². The SMILES string of the molecule is O=[N+]([O-])On1ccc2ccccc21. The van der Waals surface area contributed by atoms with Gasteiger partial charge in [0.05, 0.1) is 0 Å². The van der Waals surface area contributed by atoms with Gasteiger partial charge in [-0.15, -0.1) is 0 Å². The molecule has 0 unspecified atom stereocenters. The van der Waals surface area contributed by atoms with Gasteiger partial charge in [0.2, 0.25) is 0 Å².